The van der Waals surface area contributed by atoms with Crippen molar-refractivity contribution in [1.82, 2.24) is 0 Å². The van der Waals surface area contributed by atoms with Gasteiger partial charge in [0.25, 0.3) is 0 Å². The second-order valence-electron chi connectivity index (χ2n) is 7.85. The van der Waals surface area contributed by atoms with Crippen molar-refractivity contribution in [2.45, 2.75) is 95.5 Å². The summed E-state index contributed by atoms with van der Waals surface area (Å²) in [5.41, 5.74) is 0. The predicted octanol–water partition coefficient (Wildman–Crippen LogP) is 1.71. The van der Waals surface area contributed by atoms with Crippen molar-refractivity contribution < 1.29 is 30.3 Å². The summed E-state index contributed by atoms with van der Waals surface area (Å²) in [4.78, 5) is 11.1. The molecule has 1 aliphatic carbocycles. The van der Waals surface area contributed by atoms with Gasteiger partial charge >= 0.3 is 0 Å². The van der Waals surface area contributed by atoms with E-state index in [9.17, 15) is 25.2 Å². The highest BCUT2D eigenvalue weighted by Crippen LogP contribution is 2.37. The zero-order chi connectivity index (χ0) is 20.2. The molecular formula is C21H38O6. The zero-order valence-corrected chi connectivity index (χ0v) is 16.5. The van der Waals surface area contributed by atoms with E-state index in [-0.39, 0.29) is 24.2 Å². The summed E-state index contributed by atoms with van der Waals surface area (Å²) in [5.74, 6) is -0.409. The Bertz CT molecular complexity index is 438. The number of aliphatic hydroxyl groups excluding tert-OH is 5. The first-order chi connectivity index (χ1) is 12.9. The number of hydrogen-bond acceptors (Lipinski definition) is 6. The molecule has 0 spiro atoms. The van der Waals surface area contributed by atoms with Gasteiger partial charge in [-0.2, -0.15) is 0 Å². The van der Waals surface area contributed by atoms with Crippen LogP contribution in [-0.2, 0) is 4.79 Å². The van der Waals surface area contributed by atoms with Gasteiger partial charge in [-0.15, -0.1) is 0 Å². The molecule has 0 aromatic rings. The Hall–Kier alpha value is -0.790. The minimum Gasteiger partial charge on any atom is -0.393 e. The summed E-state index contributed by atoms with van der Waals surface area (Å²) < 4.78 is 0. The first-order valence-electron chi connectivity index (χ1n) is 10.4. The molecule has 0 radical (unpaired) electrons. The van der Waals surface area contributed by atoms with E-state index in [4.69, 9.17) is 5.11 Å². The van der Waals surface area contributed by atoms with Crippen LogP contribution < -0.4 is 0 Å². The average molecular weight is 387 g/mol. The van der Waals surface area contributed by atoms with Gasteiger partial charge in [-0.05, 0) is 25.2 Å². The van der Waals surface area contributed by atoms with E-state index in [0.717, 1.165) is 44.9 Å². The Labute approximate surface area is 162 Å². The number of aliphatic hydroxyl groups is 5. The topological polar surface area (TPSA) is 118 Å². The summed E-state index contributed by atoms with van der Waals surface area (Å²) in [6.07, 6.45) is 7.72. The van der Waals surface area contributed by atoms with Gasteiger partial charge in [0, 0.05) is 18.8 Å². The molecule has 158 valence electrons. The number of carbonyl (C=O) groups is 1. The lowest BCUT2D eigenvalue weighted by Crippen LogP contribution is -2.25. The SMILES string of the molecule is CCCCC(O)C(O)/C=C/[C@@H]1[C@@H](CCCCCCC(=O)CO)[C@@H](O)C[C@H]1O. The Morgan fingerprint density at radius 3 is 2.44 bits per heavy atom. The van der Waals surface area contributed by atoms with Gasteiger partial charge in [-0.25, -0.2) is 0 Å². The monoisotopic (exact) mass is 386 g/mol. The molecule has 1 aliphatic rings. The quantitative estimate of drug-likeness (QED) is 0.229. The van der Waals surface area contributed by atoms with E-state index < -0.39 is 24.4 Å². The van der Waals surface area contributed by atoms with Crippen LogP contribution in [0.5, 0.6) is 0 Å². The molecule has 0 aromatic heterocycles. The molecule has 0 saturated heterocycles. The van der Waals surface area contributed by atoms with E-state index in [1.54, 1.807) is 12.2 Å². The van der Waals surface area contributed by atoms with Crippen molar-refractivity contribution in [3.63, 3.8) is 0 Å². The smallest absolute Gasteiger partial charge is 0.158 e. The number of carbonyl (C=O) groups excluding carboxylic acids is 1. The van der Waals surface area contributed by atoms with Gasteiger partial charge in [0.15, 0.2) is 5.78 Å². The maximum absolute atomic E-state index is 11.1. The van der Waals surface area contributed by atoms with Crippen molar-refractivity contribution in [3.8, 4) is 0 Å². The van der Waals surface area contributed by atoms with E-state index in [1.165, 1.54) is 0 Å². The van der Waals surface area contributed by atoms with Crippen molar-refractivity contribution >= 4 is 5.78 Å². The number of unbranched alkanes of at least 4 members (excludes halogenated alkanes) is 4. The van der Waals surface area contributed by atoms with Crippen molar-refractivity contribution in [3.05, 3.63) is 12.2 Å². The van der Waals surface area contributed by atoms with Crippen LogP contribution in [0.25, 0.3) is 0 Å². The lowest BCUT2D eigenvalue weighted by atomic mass is 9.87. The van der Waals surface area contributed by atoms with Gasteiger partial charge < -0.3 is 25.5 Å². The van der Waals surface area contributed by atoms with Crippen LogP contribution in [0, 0.1) is 11.8 Å². The van der Waals surface area contributed by atoms with Crippen molar-refractivity contribution in [2.24, 2.45) is 11.8 Å². The Kier molecular flexibility index (Phi) is 12.0. The zero-order valence-electron chi connectivity index (χ0n) is 16.5. The van der Waals surface area contributed by atoms with Crippen LogP contribution in [0.3, 0.4) is 0 Å². The normalized spacial score (nSPS) is 27.9. The van der Waals surface area contributed by atoms with Crippen LogP contribution >= 0.6 is 0 Å². The molecule has 0 heterocycles. The van der Waals surface area contributed by atoms with Gasteiger partial charge in [0.2, 0.25) is 0 Å². The van der Waals surface area contributed by atoms with Gasteiger partial charge in [-0.1, -0.05) is 51.2 Å². The summed E-state index contributed by atoms with van der Waals surface area (Å²) in [6, 6.07) is 0. The highest BCUT2D eigenvalue weighted by Gasteiger charge is 2.39. The molecule has 1 rings (SSSR count). The summed E-state index contributed by atoms with van der Waals surface area (Å²) in [7, 11) is 0. The number of Topliss-reactive ketones (excluding diaryl/α,β-unsaturated/α-hetero) is 1. The molecule has 2 unspecified atom stereocenters. The first kappa shape index (κ1) is 24.2. The second kappa shape index (κ2) is 13.4. The molecule has 6 atom stereocenters. The standard InChI is InChI=1S/C21H38O6/c1-2-3-10-18(24)19(25)12-11-17-16(20(26)13-21(17)27)9-7-5-4-6-8-15(23)14-22/h11-12,16-22,24-27H,2-10,13-14H2,1H3/b12-11+/t16-,17-,18?,19?,20+,21-/m1/s1. The van der Waals surface area contributed by atoms with Gasteiger partial charge in [0.05, 0.1) is 24.4 Å². The minimum absolute atomic E-state index is 0.0599. The lowest BCUT2D eigenvalue weighted by molar-refractivity contribution is -0.121. The van der Waals surface area contributed by atoms with E-state index in [2.05, 4.69) is 0 Å². The maximum atomic E-state index is 11.1. The highest BCUT2D eigenvalue weighted by molar-refractivity contribution is 5.79. The number of hydrogen-bond donors (Lipinski definition) is 5. The minimum atomic E-state index is -0.953. The van der Waals surface area contributed by atoms with Crippen LogP contribution in [0.4, 0.5) is 0 Å². The van der Waals surface area contributed by atoms with E-state index in [1.807, 2.05) is 6.92 Å². The number of ketones is 1. The molecule has 27 heavy (non-hydrogen) atoms. The fraction of sp³-hybridized carbons (Fsp3) is 0.857. The average Bonchev–Trinajstić information content (AvgIpc) is 2.92. The van der Waals surface area contributed by atoms with Crippen LogP contribution in [0.2, 0.25) is 0 Å². The predicted molar refractivity (Wildman–Crippen MR) is 104 cm³/mol. The molecule has 1 saturated carbocycles. The van der Waals surface area contributed by atoms with Crippen molar-refractivity contribution in [2.75, 3.05) is 6.61 Å². The third kappa shape index (κ3) is 8.83. The summed E-state index contributed by atoms with van der Waals surface area (Å²) in [6.45, 7) is 1.64. The van der Waals surface area contributed by atoms with Crippen molar-refractivity contribution in [1.29, 1.82) is 0 Å². The fourth-order valence-electron chi connectivity index (χ4n) is 3.87. The molecule has 0 amide bonds. The van der Waals surface area contributed by atoms with Crippen LogP contribution in [-0.4, -0.2) is 62.3 Å². The van der Waals surface area contributed by atoms with Gasteiger partial charge in [0.1, 0.15) is 6.61 Å². The molecule has 6 nitrogen and oxygen atoms in total. The lowest BCUT2D eigenvalue weighted by Gasteiger charge is -2.22. The van der Waals surface area contributed by atoms with E-state index in [0.29, 0.717) is 19.3 Å². The molecule has 1 fully saturated rings. The molecule has 0 aliphatic heterocycles. The maximum Gasteiger partial charge on any atom is 0.158 e. The third-order valence-corrected chi connectivity index (χ3v) is 5.61. The van der Waals surface area contributed by atoms with Crippen LogP contribution in [0.15, 0.2) is 12.2 Å². The largest absolute Gasteiger partial charge is 0.393 e. The molecular weight excluding hydrogens is 348 g/mol. The second-order valence-corrected chi connectivity index (χ2v) is 7.85. The molecule has 0 aromatic carbocycles. The Morgan fingerprint density at radius 1 is 1.07 bits per heavy atom. The Morgan fingerprint density at radius 2 is 1.78 bits per heavy atom. The summed E-state index contributed by atoms with van der Waals surface area (Å²) in [5, 5.41) is 49.2. The Balaban J connectivity index is 2.43. The first-order valence-corrected chi connectivity index (χ1v) is 10.4. The third-order valence-electron chi connectivity index (χ3n) is 5.61. The van der Waals surface area contributed by atoms with E-state index >= 15 is 0 Å². The molecule has 0 bridgehead atoms. The van der Waals surface area contributed by atoms with Gasteiger partial charge in [-0.3, -0.25) is 4.79 Å². The fourth-order valence-corrected chi connectivity index (χ4v) is 3.87. The number of rotatable bonds is 14. The molecule has 5 N–H and O–H groups in total. The summed E-state index contributed by atoms with van der Waals surface area (Å²) >= 11 is 0. The molecule has 6 heteroatoms. The van der Waals surface area contributed by atoms with Crippen LogP contribution in [0.1, 0.15) is 71.1 Å². The highest BCUT2D eigenvalue weighted by atomic mass is 16.3.